The molecule has 172 valence electrons. The van der Waals surface area contributed by atoms with E-state index < -0.39 is 6.04 Å². The van der Waals surface area contributed by atoms with Crippen LogP contribution in [0.3, 0.4) is 0 Å². The minimum atomic E-state index is -0.628. The first-order chi connectivity index (χ1) is 16.0. The van der Waals surface area contributed by atoms with E-state index in [2.05, 4.69) is 5.32 Å². The van der Waals surface area contributed by atoms with E-state index >= 15 is 0 Å². The average molecular weight is 445 g/mol. The molecule has 33 heavy (non-hydrogen) atoms. The van der Waals surface area contributed by atoms with Crippen molar-refractivity contribution in [2.75, 3.05) is 13.7 Å². The van der Waals surface area contributed by atoms with E-state index in [4.69, 9.17) is 4.74 Å². The van der Waals surface area contributed by atoms with Gasteiger partial charge in [0, 0.05) is 19.5 Å². The van der Waals surface area contributed by atoms with Crippen LogP contribution in [0.2, 0.25) is 0 Å². The molecule has 0 aliphatic rings. The normalized spacial score (nSPS) is 11.5. The maximum absolute atomic E-state index is 13.6. The minimum Gasteiger partial charge on any atom is -0.497 e. The third kappa shape index (κ3) is 6.94. The highest BCUT2D eigenvalue weighted by molar-refractivity contribution is 5.88. The van der Waals surface area contributed by atoms with Gasteiger partial charge in [-0.25, -0.2) is 0 Å². The number of carbonyl (C=O) groups excluding carboxylic acids is 2. The molecule has 2 amide bonds. The Morgan fingerprint density at radius 2 is 1.61 bits per heavy atom. The predicted molar refractivity (Wildman–Crippen MR) is 131 cm³/mol. The number of amides is 2. The largest absolute Gasteiger partial charge is 0.497 e. The van der Waals surface area contributed by atoms with Crippen molar-refractivity contribution in [1.82, 2.24) is 10.2 Å². The van der Waals surface area contributed by atoms with Crippen molar-refractivity contribution in [2.24, 2.45) is 0 Å². The van der Waals surface area contributed by atoms with Gasteiger partial charge in [-0.2, -0.15) is 0 Å². The Labute approximate surface area is 196 Å². The second kappa shape index (κ2) is 11.9. The van der Waals surface area contributed by atoms with E-state index in [1.165, 1.54) is 0 Å². The van der Waals surface area contributed by atoms with Crippen LogP contribution in [-0.4, -0.2) is 36.4 Å². The summed E-state index contributed by atoms with van der Waals surface area (Å²) in [5.41, 5.74) is 3.99. The number of nitrogens with zero attached hydrogens (tertiary/aromatic N) is 1. The van der Waals surface area contributed by atoms with E-state index in [-0.39, 0.29) is 18.2 Å². The molecule has 0 heterocycles. The number of carbonyl (C=O) groups is 2. The summed E-state index contributed by atoms with van der Waals surface area (Å²) in [7, 11) is 1.62. The van der Waals surface area contributed by atoms with Crippen molar-refractivity contribution >= 4 is 11.8 Å². The summed E-state index contributed by atoms with van der Waals surface area (Å²) in [4.78, 5) is 28.5. The topological polar surface area (TPSA) is 58.6 Å². The fourth-order valence-electron chi connectivity index (χ4n) is 3.80. The van der Waals surface area contributed by atoms with Crippen LogP contribution in [-0.2, 0) is 29.0 Å². The Morgan fingerprint density at radius 3 is 2.27 bits per heavy atom. The first-order valence-electron chi connectivity index (χ1n) is 11.3. The number of methoxy groups -OCH3 is 1. The molecule has 0 spiro atoms. The molecule has 0 saturated carbocycles. The van der Waals surface area contributed by atoms with E-state index in [9.17, 15) is 9.59 Å². The standard InChI is InChI=1S/C28H32N2O3/c1-4-29-28(32)26(18-22-9-6-5-7-10-22)30(20-24-11-8-12-25(17-24)33-3)27(31)19-23-15-13-21(2)14-16-23/h5-17,26H,4,18-20H2,1-3H3,(H,29,32)/t26-/m1/s1. The second-order valence-electron chi connectivity index (χ2n) is 8.14. The van der Waals surface area contributed by atoms with Crippen molar-refractivity contribution in [3.8, 4) is 5.75 Å². The first kappa shape index (κ1) is 24.1. The highest BCUT2D eigenvalue weighted by Crippen LogP contribution is 2.19. The molecular weight excluding hydrogens is 412 g/mol. The quantitative estimate of drug-likeness (QED) is 0.507. The van der Waals surface area contributed by atoms with Gasteiger partial charge in [0.2, 0.25) is 11.8 Å². The van der Waals surface area contributed by atoms with Crippen LogP contribution >= 0.6 is 0 Å². The Kier molecular flexibility index (Phi) is 8.64. The van der Waals surface area contributed by atoms with Crippen LogP contribution in [0.1, 0.15) is 29.2 Å². The Balaban J connectivity index is 1.95. The molecule has 3 rings (SSSR count). The summed E-state index contributed by atoms with van der Waals surface area (Å²) in [5, 5.41) is 2.92. The molecule has 1 atom stereocenters. The minimum absolute atomic E-state index is 0.0890. The molecule has 0 unspecified atom stereocenters. The van der Waals surface area contributed by atoms with Crippen LogP contribution in [0.25, 0.3) is 0 Å². The van der Waals surface area contributed by atoms with Gasteiger partial charge in [0.05, 0.1) is 13.5 Å². The van der Waals surface area contributed by atoms with Gasteiger partial charge < -0.3 is 15.0 Å². The van der Waals surface area contributed by atoms with Gasteiger partial charge in [-0.15, -0.1) is 0 Å². The molecule has 0 aromatic heterocycles. The van der Waals surface area contributed by atoms with Crippen molar-refractivity contribution in [2.45, 2.75) is 39.3 Å². The molecular formula is C28H32N2O3. The molecule has 5 heteroatoms. The fraction of sp³-hybridized carbons (Fsp3) is 0.286. The van der Waals surface area contributed by atoms with Crippen molar-refractivity contribution in [3.63, 3.8) is 0 Å². The summed E-state index contributed by atoms with van der Waals surface area (Å²) in [5.74, 6) is 0.478. The molecule has 5 nitrogen and oxygen atoms in total. The highest BCUT2D eigenvalue weighted by atomic mass is 16.5. The Morgan fingerprint density at radius 1 is 0.909 bits per heavy atom. The van der Waals surface area contributed by atoms with Crippen molar-refractivity contribution in [3.05, 3.63) is 101 Å². The molecule has 0 bridgehead atoms. The lowest BCUT2D eigenvalue weighted by atomic mass is 10.0. The number of ether oxygens (including phenoxy) is 1. The summed E-state index contributed by atoms with van der Waals surface area (Å²) >= 11 is 0. The number of nitrogens with one attached hydrogen (secondary N) is 1. The Bertz CT molecular complexity index is 1050. The van der Waals surface area contributed by atoms with E-state index in [0.29, 0.717) is 19.5 Å². The van der Waals surface area contributed by atoms with Gasteiger partial charge >= 0.3 is 0 Å². The maximum Gasteiger partial charge on any atom is 0.243 e. The SMILES string of the molecule is CCNC(=O)[C@@H](Cc1ccccc1)N(Cc1cccc(OC)c1)C(=O)Cc1ccc(C)cc1. The van der Waals surface area contributed by atoms with E-state index in [1.54, 1.807) is 12.0 Å². The molecule has 0 radical (unpaired) electrons. The zero-order chi connectivity index (χ0) is 23.6. The third-order valence-corrected chi connectivity index (χ3v) is 5.59. The summed E-state index contributed by atoms with van der Waals surface area (Å²) < 4.78 is 5.36. The number of benzene rings is 3. The van der Waals surface area contributed by atoms with Gasteiger partial charge in [-0.1, -0.05) is 72.3 Å². The summed E-state index contributed by atoms with van der Waals surface area (Å²) in [6.07, 6.45) is 0.672. The first-order valence-corrected chi connectivity index (χ1v) is 11.3. The number of hydrogen-bond donors (Lipinski definition) is 1. The van der Waals surface area contributed by atoms with Crippen LogP contribution in [0.5, 0.6) is 5.75 Å². The zero-order valence-electron chi connectivity index (χ0n) is 19.6. The molecule has 3 aromatic carbocycles. The van der Waals surface area contributed by atoms with Crippen molar-refractivity contribution < 1.29 is 14.3 Å². The van der Waals surface area contributed by atoms with Crippen LogP contribution < -0.4 is 10.1 Å². The van der Waals surface area contributed by atoms with Gasteiger partial charge in [0.1, 0.15) is 11.8 Å². The Hall–Kier alpha value is -3.60. The second-order valence-corrected chi connectivity index (χ2v) is 8.14. The zero-order valence-corrected chi connectivity index (χ0v) is 19.6. The van der Waals surface area contributed by atoms with Gasteiger partial charge in [-0.3, -0.25) is 9.59 Å². The summed E-state index contributed by atoms with van der Waals surface area (Å²) in [6.45, 7) is 4.73. The average Bonchev–Trinajstić information content (AvgIpc) is 2.83. The maximum atomic E-state index is 13.6. The molecule has 0 aliphatic carbocycles. The molecule has 1 N–H and O–H groups in total. The smallest absolute Gasteiger partial charge is 0.243 e. The van der Waals surface area contributed by atoms with E-state index in [0.717, 1.165) is 28.0 Å². The highest BCUT2D eigenvalue weighted by Gasteiger charge is 2.30. The number of likely N-dealkylation sites (N-methyl/N-ethyl adjacent to an activating group) is 1. The lowest BCUT2D eigenvalue weighted by Crippen LogP contribution is -2.50. The number of aryl methyl sites for hydroxylation is 1. The van der Waals surface area contributed by atoms with Crippen LogP contribution in [0.15, 0.2) is 78.9 Å². The lowest BCUT2D eigenvalue weighted by molar-refractivity contribution is -0.140. The molecule has 0 aliphatic heterocycles. The van der Waals surface area contributed by atoms with Gasteiger partial charge in [0.15, 0.2) is 0 Å². The molecule has 3 aromatic rings. The predicted octanol–water partition coefficient (Wildman–Crippen LogP) is 4.32. The van der Waals surface area contributed by atoms with Crippen LogP contribution in [0.4, 0.5) is 0 Å². The van der Waals surface area contributed by atoms with Crippen LogP contribution in [0, 0.1) is 6.92 Å². The molecule has 0 fully saturated rings. The number of rotatable bonds is 10. The molecule has 0 saturated heterocycles. The van der Waals surface area contributed by atoms with Gasteiger partial charge in [0.25, 0.3) is 0 Å². The number of hydrogen-bond acceptors (Lipinski definition) is 3. The van der Waals surface area contributed by atoms with E-state index in [1.807, 2.05) is 92.7 Å². The summed E-state index contributed by atoms with van der Waals surface area (Å²) in [6, 6.07) is 24.7. The fourth-order valence-corrected chi connectivity index (χ4v) is 3.80. The lowest BCUT2D eigenvalue weighted by Gasteiger charge is -2.31. The van der Waals surface area contributed by atoms with Gasteiger partial charge in [-0.05, 0) is 42.7 Å². The third-order valence-electron chi connectivity index (χ3n) is 5.59. The monoisotopic (exact) mass is 444 g/mol. The van der Waals surface area contributed by atoms with Crippen molar-refractivity contribution in [1.29, 1.82) is 0 Å².